The molecule has 2 heterocycles. The summed E-state index contributed by atoms with van der Waals surface area (Å²) in [5, 5.41) is 10.9. The van der Waals surface area contributed by atoms with E-state index in [4.69, 9.17) is 14.2 Å². The lowest BCUT2D eigenvalue weighted by Crippen LogP contribution is -2.39. The van der Waals surface area contributed by atoms with E-state index in [-0.39, 0.29) is 30.0 Å². The van der Waals surface area contributed by atoms with E-state index < -0.39 is 22.8 Å². The summed E-state index contributed by atoms with van der Waals surface area (Å²) < 4.78 is 32.6. The van der Waals surface area contributed by atoms with Crippen molar-refractivity contribution >= 4 is 29.1 Å². The van der Waals surface area contributed by atoms with Crippen molar-refractivity contribution in [3.05, 3.63) is 130 Å². The van der Waals surface area contributed by atoms with Crippen LogP contribution in [0.15, 0.2) is 87.8 Å². The van der Waals surface area contributed by atoms with E-state index in [1.807, 2.05) is 6.92 Å². The van der Waals surface area contributed by atoms with Gasteiger partial charge in [0.2, 0.25) is 0 Å². The number of carbonyl (C=O) groups is 1. The van der Waals surface area contributed by atoms with Crippen molar-refractivity contribution in [3.63, 3.8) is 0 Å². The Labute approximate surface area is 255 Å². The highest BCUT2D eigenvalue weighted by Gasteiger charge is 2.33. The van der Waals surface area contributed by atoms with Crippen LogP contribution in [-0.4, -0.2) is 28.7 Å². The number of nitrogens with zero attached hydrogens (tertiary/aromatic N) is 3. The van der Waals surface area contributed by atoms with Crippen LogP contribution >= 0.6 is 11.3 Å². The molecule has 0 saturated carbocycles. The monoisotopic (exact) mass is 617 g/mol. The van der Waals surface area contributed by atoms with Gasteiger partial charge in [-0.05, 0) is 79.9 Å². The Morgan fingerprint density at radius 2 is 1.77 bits per heavy atom. The molecule has 3 aromatic carbocycles. The molecule has 0 aliphatic carbocycles. The van der Waals surface area contributed by atoms with Crippen LogP contribution in [0.4, 0.5) is 10.1 Å². The average Bonchev–Trinajstić information content (AvgIpc) is 3.30. The van der Waals surface area contributed by atoms with E-state index in [0.717, 1.165) is 5.56 Å². The van der Waals surface area contributed by atoms with Crippen molar-refractivity contribution in [1.82, 2.24) is 4.57 Å². The summed E-state index contributed by atoms with van der Waals surface area (Å²) in [6, 6.07) is 16.1. The molecule has 0 saturated heterocycles. The van der Waals surface area contributed by atoms with Gasteiger partial charge in [0, 0.05) is 12.1 Å². The number of hydrogen-bond donors (Lipinski definition) is 0. The van der Waals surface area contributed by atoms with E-state index in [1.54, 1.807) is 62.4 Å². The number of allylic oxidation sites excluding steroid dienone is 1. The second-order valence-corrected chi connectivity index (χ2v) is 10.7. The number of thiazole rings is 1. The standard InChI is InChI=1S/C32H28FN3O7S/c1-4-41-26-16-21(8-15-25(26)43-18-20-6-13-24(14-7-20)36(39)40)17-27-30(37)35-29(22-9-11-23(33)12-10-22)28(31(38)42-5-2)19(3)34-32(35)44-27/h6-17,29H,4-5,18H2,1-3H3/b27-17-/t29-/m0/s1. The molecular weight excluding hydrogens is 589 g/mol. The predicted octanol–water partition coefficient (Wildman–Crippen LogP) is 4.82. The molecule has 1 aliphatic rings. The lowest BCUT2D eigenvalue weighted by molar-refractivity contribution is -0.384. The van der Waals surface area contributed by atoms with Crippen molar-refractivity contribution in [2.45, 2.75) is 33.4 Å². The Morgan fingerprint density at radius 1 is 1.05 bits per heavy atom. The summed E-state index contributed by atoms with van der Waals surface area (Å²) in [5.41, 5.74) is 2.22. The zero-order valence-electron chi connectivity index (χ0n) is 24.1. The molecule has 12 heteroatoms. The van der Waals surface area contributed by atoms with Crippen LogP contribution in [0, 0.1) is 15.9 Å². The number of hydrogen-bond acceptors (Lipinski definition) is 9. The van der Waals surface area contributed by atoms with Gasteiger partial charge in [0.05, 0.1) is 40.0 Å². The Morgan fingerprint density at radius 3 is 2.43 bits per heavy atom. The molecule has 0 N–H and O–H groups in total. The maximum atomic E-state index is 13.8. The SMILES string of the molecule is CCOC(=O)C1=C(C)N=c2s/c(=C\c3ccc(OCc4ccc([N+](=O)[O-])cc4)c(OCC)c3)c(=O)n2[C@H]1c1ccc(F)cc1. The van der Waals surface area contributed by atoms with Gasteiger partial charge in [-0.3, -0.25) is 19.5 Å². The highest BCUT2D eigenvalue weighted by molar-refractivity contribution is 7.07. The number of nitro benzene ring substituents is 1. The largest absolute Gasteiger partial charge is 0.490 e. The number of ether oxygens (including phenoxy) is 3. The molecule has 0 spiro atoms. The summed E-state index contributed by atoms with van der Waals surface area (Å²) in [5.74, 6) is -0.108. The number of nitro groups is 1. The molecule has 1 aromatic heterocycles. The smallest absolute Gasteiger partial charge is 0.338 e. The first-order valence-electron chi connectivity index (χ1n) is 13.8. The van der Waals surface area contributed by atoms with Gasteiger partial charge in [-0.25, -0.2) is 14.2 Å². The van der Waals surface area contributed by atoms with Crippen LogP contribution in [0.3, 0.4) is 0 Å². The lowest BCUT2D eigenvalue weighted by atomic mass is 9.96. The Bertz CT molecular complexity index is 1930. The maximum Gasteiger partial charge on any atom is 0.338 e. The fourth-order valence-electron chi connectivity index (χ4n) is 4.78. The Kier molecular flexibility index (Phi) is 9.00. The van der Waals surface area contributed by atoms with Gasteiger partial charge in [-0.2, -0.15) is 0 Å². The number of esters is 1. The van der Waals surface area contributed by atoms with Gasteiger partial charge in [-0.15, -0.1) is 0 Å². The van der Waals surface area contributed by atoms with Crippen LogP contribution in [0.5, 0.6) is 11.5 Å². The third kappa shape index (κ3) is 6.30. The average molecular weight is 618 g/mol. The number of halogens is 1. The van der Waals surface area contributed by atoms with Crippen molar-refractivity contribution in [2.24, 2.45) is 4.99 Å². The molecule has 1 aliphatic heterocycles. The third-order valence-electron chi connectivity index (χ3n) is 6.81. The zero-order valence-corrected chi connectivity index (χ0v) is 24.9. The fourth-order valence-corrected chi connectivity index (χ4v) is 5.83. The van der Waals surface area contributed by atoms with Crippen LogP contribution in [-0.2, 0) is 16.1 Å². The molecular formula is C32H28FN3O7S. The van der Waals surface area contributed by atoms with Crippen LogP contribution in [0.2, 0.25) is 0 Å². The summed E-state index contributed by atoms with van der Waals surface area (Å²) in [6.07, 6.45) is 1.71. The van der Waals surface area contributed by atoms with Crippen molar-refractivity contribution in [1.29, 1.82) is 0 Å². The maximum absolute atomic E-state index is 13.8. The van der Waals surface area contributed by atoms with Crippen molar-refractivity contribution < 1.29 is 28.3 Å². The highest BCUT2D eigenvalue weighted by Crippen LogP contribution is 2.32. The minimum absolute atomic E-state index is 0.00495. The second kappa shape index (κ2) is 13.0. The van der Waals surface area contributed by atoms with Gasteiger partial charge in [0.15, 0.2) is 16.3 Å². The molecule has 0 unspecified atom stereocenters. The summed E-state index contributed by atoms with van der Waals surface area (Å²) >= 11 is 1.17. The lowest BCUT2D eigenvalue weighted by Gasteiger charge is -2.24. The topological polar surface area (TPSA) is 122 Å². The number of fused-ring (bicyclic) bond motifs is 1. The Hall–Kier alpha value is -5.10. The molecule has 226 valence electrons. The first kappa shape index (κ1) is 30.4. The van der Waals surface area contributed by atoms with Crippen LogP contribution in [0.25, 0.3) is 6.08 Å². The van der Waals surface area contributed by atoms with Gasteiger partial charge in [0.1, 0.15) is 12.4 Å². The minimum atomic E-state index is -0.845. The minimum Gasteiger partial charge on any atom is -0.490 e. The molecule has 4 aromatic rings. The van der Waals surface area contributed by atoms with E-state index >= 15 is 0 Å². The highest BCUT2D eigenvalue weighted by atomic mass is 32.1. The number of benzene rings is 3. The number of non-ortho nitro benzene ring substituents is 1. The summed E-state index contributed by atoms with van der Waals surface area (Å²) in [6.45, 7) is 5.90. The molecule has 0 radical (unpaired) electrons. The van der Waals surface area contributed by atoms with Crippen LogP contribution in [0.1, 0.15) is 43.5 Å². The second-order valence-electron chi connectivity index (χ2n) is 9.71. The van der Waals surface area contributed by atoms with Crippen molar-refractivity contribution in [3.8, 4) is 11.5 Å². The van der Waals surface area contributed by atoms with Gasteiger partial charge in [0.25, 0.3) is 11.2 Å². The van der Waals surface area contributed by atoms with E-state index in [0.29, 0.717) is 44.3 Å². The molecule has 5 rings (SSSR count). The Balaban J connectivity index is 1.51. The van der Waals surface area contributed by atoms with Gasteiger partial charge >= 0.3 is 5.97 Å². The summed E-state index contributed by atoms with van der Waals surface area (Å²) in [4.78, 5) is 42.3. The first-order chi connectivity index (χ1) is 21.2. The van der Waals surface area contributed by atoms with E-state index in [2.05, 4.69) is 4.99 Å². The quantitative estimate of drug-likeness (QED) is 0.142. The van der Waals surface area contributed by atoms with Gasteiger partial charge < -0.3 is 14.2 Å². The van der Waals surface area contributed by atoms with Crippen molar-refractivity contribution in [2.75, 3.05) is 13.2 Å². The molecule has 44 heavy (non-hydrogen) atoms. The number of aromatic nitrogens is 1. The molecule has 1 atom stereocenters. The fraction of sp³-hybridized carbons (Fsp3) is 0.219. The zero-order chi connectivity index (χ0) is 31.4. The number of rotatable bonds is 10. The van der Waals surface area contributed by atoms with Crippen LogP contribution < -0.4 is 24.4 Å². The van der Waals surface area contributed by atoms with E-state index in [9.17, 15) is 24.1 Å². The third-order valence-corrected chi connectivity index (χ3v) is 7.79. The normalized spacial score (nSPS) is 14.5. The molecule has 0 bridgehead atoms. The number of carbonyl (C=O) groups excluding carboxylic acids is 1. The van der Waals surface area contributed by atoms with E-state index in [1.165, 1.54) is 40.2 Å². The first-order valence-corrected chi connectivity index (χ1v) is 14.6. The molecule has 0 fully saturated rings. The predicted molar refractivity (Wildman–Crippen MR) is 162 cm³/mol. The summed E-state index contributed by atoms with van der Waals surface area (Å²) in [7, 11) is 0. The molecule has 10 nitrogen and oxygen atoms in total. The van der Waals surface area contributed by atoms with Gasteiger partial charge in [-0.1, -0.05) is 29.5 Å². The molecule has 0 amide bonds.